The topological polar surface area (TPSA) is 86.1 Å². The van der Waals surface area contributed by atoms with Gasteiger partial charge in [-0.2, -0.15) is 0 Å². The van der Waals surface area contributed by atoms with Crippen LogP contribution in [0.4, 0.5) is 5.00 Å². The SMILES string of the molecule is COC(=O)c1c(NC(=O)CSc2nnc(-c3csc(C)c3)n2C)sc2c1CCCC2. The van der Waals surface area contributed by atoms with E-state index in [2.05, 4.69) is 28.5 Å². The first-order valence-electron chi connectivity index (χ1n) is 9.58. The molecule has 0 radical (unpaired) electrons. The van der Waals surface area contributed by atoms with Crippen LogP contribution in [-0.2, 0) is 29.4 Å². The fraction of sp³-hybridized carbons (Fsp3) is 0.400. The van der Waals surface area contributed by atoms with E-state index in [0.717, 1.165) is 42.6 Å². The van der Waals surface area contributed by atoms with Gasteiger partial charge < -0.3 is 14.6 Å². The Morgan fingerprint density at radius 3 is 2.83 bits per heavy atom. The molecule has 3 aromatic heterocycles. The van der Waals surface area contributed by atoms with Gasteiger partial charge in [-0.15, -0.1) is 32.9 Å². The van der Waals surface area contributed by atoms with E-state index in [1.807, 2.05) is 17.0 Å². The van der Waals surface area contributed by atoms with Crippen molar-refractivity contribution < 1.29 is 14.3 Å². The molecule has 0 aliphatic heterocycles. The molecular formula is C20H22N4O3S3. The molecule has 4 rings (SSSR count). The monoisotopic (exact) mass is 462 g/mol. The lowest BCUT2D eigenvalue weighted by atomic mass is 9.95. The minimum atomic E-state index is -0.388. The van der Waals surface area contributed by atoms with Gasteiger partial charge in [-0.05, 0) is 44.2 Å². The van der Waals surface area contributed by atoms with Crippen LogP contribution >= 0.6 is 34.4 Å². The van der Waals surface area contributed by atoms with Crippen molar-refractivity contribution in [2.75, 3.05) is 18.2 Å². The number of hydrogen-bond donors (Lipinski definition) is 1. The van der Waals surface area contributed by atoms with Crippen LogP contribution in [-0.4, -0.2) is 39.5 Å². The number of nitrogens with one attached hydrogen (secondary N) is 1. The van der Waals surface area contributed by atoms with Crippen LogP contribution in [0.25, 0.3) is 11.4 Å². The van der Waals surface area contributed by atoms with Crippen LogP contribution in [0.15, 0.2) is 16.6 Å². The minimum Gasteiger partial charge on any atom is -0.465 e. The number of amides is 1. The zero-order valence-electron chi connectivity index (χ0n) is 17.0. The van der Waals surface area contributed by atoms with Crippen molar-refractivity contribution in [1.29, 1.82) is 0 Å². The normalized spacial score (nSPS) is 13.2. The van der Waals surface area contributed by atoms with Gasteiger partial charge in [0.25, 0.3) is 0 Å². The first-order chi connectivity index (χ1) is 14.5. The molecular weight excluding hydrogens is 440 g/mol. The maximum absolute atomic E-state index is 12.6. The number of methoxy groups -OCH3 is 1. The molecule has 1 amide bonds. The zero-order chi connectivity index (χ0) is 21.3. The Labute approximate surface area is 186 Å². The second-order valence-electron chi connectivity index (χ2n) is 7.05. The van der Waals surface area contributed by atoms with Gasteiger partial charge in [0, 0.05) is 27.7 Å². The maximum atomic E-state index is 12.6. The van der Waals surface area contributed by atoms with Crippen molar-refractivity contribution in [2.45, 2.75) is 37.8 Å². The Bertz CT molecular complexity index is 1100. The number of carbonyl (C=O) groups excluding carboxylic acids is 2. The molecule has 0 spiro atoms. The third-order valence-electron chi connectivity index (χ3n) is 4.97. The average molecular weight is 463 g/mol. The molecule has 10 heteroatoms. The lowest BCUT2D eigenvalue weighted by Gasteiger charge is -2.11. The number of hydrogen-bond acceptors (Lipinski definition) is 8. The number of aryl methyl sites for hydroxylation is 2. The third kappa shape index (κ3) is 4.17. The van der Waals surface area contributed by atoms with E-state index in [1.165, 1.54) is 40.0 Å². The second-order valence-corrected chi connectivity index (χ2v) is 10.2. The molecule has 0 unspecified atom stereocenters. The van der Waals surface area contributed by atoms with E-state index in [1.54, 1.807) is 11.3 Å². The highest BCUT2D eigenvalue weighted by molar-refractivity contribution is 7.99. The smallest absolute Gasteiger partial charge is 0.341 e. The van der Waals surface area contributed by atoms with Crippen LogP contribution in [0, 0.1) is 6.92 Å². The number of anilines is 1. The van der Waals surface area contributed by atoms with Gasteiger partial charge in [0.05, 0.1) is 18.4 Å². The number of carbonyl (C=O) groups is 2. The molecule has 0 saturated carbocycles. The largest absolute Gasteiger partial charge is 0.465 e. The molecule has 0 atom stereocenters. The summed E-state index contributed by atoms with van der Waals surface area (Å²) < 4.78 is 6.86. The molecule has 0 aromatic carbocycles. The van der Waals surface area contributed by atoms with Gasteiger partial charge in [0.1, 0.15) is 5.00 Å². The number of rotatable bonds is 6. The van der Waals surface area contributed by atoms with E-state index in [-0.39, 0.29) is 17.6 Å². The van der Waals surface area contributed by atoms with Gasteiger partial charge in [-0.1, -0.05) is 11.8 Å². The van der Waals surface area contributed by atoms with Crippen molar-refractivity contribution in [3.8, 4) is 11.4 Å². The number of esters is 1. The summed E-state index contributed by atoms with van der Waals surface area (Å²) in [7, 11) is 3.27. The third-order valence-corrected chi connectivity index (χ3v) is 8.06. The fourth-order valence-corrected chi connectivity index (χ4v) is 6.20. The number of thioether (sulfide) groups is 1. The molecule has 3 heterocycles. The van der Waals surface area contributed by atoms with Gasteiger partial charge in [0.2, 0.25) is 5.91 Å². The molecule has 0 saturated heterocycles. The first-order valence-corrected chi connectivity index (χ1v) is 12.3. The molecule has 0 fully saturated rings. The summed E-state index contributed by atoms with van der Waals surface area (Å²) in [6, 6.07) is 2.07. The quantitative estimate of drug-likeness (QED) is 0.434. The van der Waals surface area contributed by atoms with Gasteiger partial charge in [-0.3, -0.25) is 4.79 Å². The molecule has 1 aliphatic carbocycles. The molecule has 1 aliphatic rings. The van der Waals surface area contributed by atoms with Crippen LogP contribution in [0.1, 0.15) is 38.5 Å². The van der Waals surface area contributed by atoms with Crippen molar-refractivity contribution in [3.05, 3.63) is 32.3 Å². The van der Waals surface area contributed by atoms with Crippen molar-refractivity contribution in [1.82, 2.24) is 14.8 Å². The summed E-state index contributed by atoms with van der Waals surface area (Å²) in [5.41, 5.74) is 2.57. The Morgan fingerprint density at radius 2 is 2.10 bits per heavy atom. The van der Waals surface area contributed by atoms with E-state index in [0.29, 0.717) is 15.7 Å². The standard InChI is InChI=1S/C20H22N4O3S3/c1-11-8-12(9-28-11)17-22-23-20(24(17)2)29-10-15(25)21-18-16(19(26)27-3)13-6-4-5-7-14(13)30-18/h8-9H,4-7,10H2,1-3H3,(H,21,25). The number of nitrogens with zero attached hydrogens (tertiary/aromatic N) is 3. The van der Waals surface area contributed by atoms with Gasteiger partial charge in [0.15, 0.2) is 11.0 Å². The number of fused-ring (bicyclic) bond motifs is 1. The Morgan fingerprint density at radius 1 is 1.30 bits per heavy atom. The Kier molecular flexibility index (Phi) is 6.26. The molecule has 3 aromatic rings. The molecule has 30 heavy (non-hydrogen) atoms. The lowest BCUT2D eigenvalue weighted by molar-refractivity contribution is -0.113. The van der Waals surface area contributed by atoms with Gasteiger partial charge in [-0.25, -0.2) is 4.79 Å². The van der Waals surface area contributed by atoms with Gasteiger partial charge >= 0.3 is 5.97 Å². The van der Waals surface area contributed by atoms with E-state index >= 15 is 0 Å². The maximum Gasteiger partial charge on any atom is 0.341 e. The number of aromatic nitrogens is 3. The highest BCUT2D eigenvalue weighted by atomic mass is 32.2. The van der Waals surface area contributed by atoms with Crippen LogP contribution < -0.4 is 5.32 Å². The van der Waals surface area contributed by atoms with Crippen LogP contribution in [0.3, 0.4) is 0 Å². The second kappa shape index (κ2) is 8.91. The van der Waals surface area contributed by atoms with Crippen molar-refractivity contribution in [3.63, 3.8) is 0 Å². The van der Waals surface area contributed by atoms with Crippen molar-refractivity contribution in [2.24, 2.45) is 7.05 Å². The number of thiophene rings is 2. The summed E-state index contributed by atoms with van der Waals surface area (Å²) in [4.78, 5) is 27.3. The van der Waals surface area contributed by atoms with Crippen molar-refractivity contribution >= 4 is 51.3 Å². The summed E-state index contributed by atoms with van der Waals surface area (Å²) >= 11 is 4.47. The Hall–Kier alpha value is -2.17. The van der Waals surface area contributed by atoms with E-state index < -0.39 is 0 Å². The molecule has 1 N–H and O–H groups in total. The molecule has 0 bridgehead atoms. The highest BCUT2D eigenvalue weighted by Gasteiger charge is 2.27. The fourth-order valence-electron chi connectivity index (χ4n) is 3.52. The predicted octanol–water partition coefficient (Wildman–Crippen LogP) is 4.31. The Balaban J connectivity index is 1.45. The summed E-state index contributed by atoms with van der Waals surface area (Å²) in [5, 5.41) is 14.7. The number of ether oxygens (including phenoxy) is 1. The van der Waals surface area contributed by atoms with E-state index in [9.17, 15) is 9.59 Å². The van der Waals surface area contributed by atoms with Crippen LogP contribution in [0.2, 0.25) is 0 Å². The van der Waals surface area contributed by atoms with E-state index in [4.69, 9.17) is 4.74 Å². The predicted molar refractivity (Wildman–Crippen MR) is 121 cm³/mol. The summed E-state index contributed by atoms with van der Waals surface area (Å²) in [6.07, 6.45) is 3.95. The summed E-state index contributed by atoms with van der Waals surface area (Å²) in [6.45, 7) is 2.05. The van der Waals surface area contributed by atoms with Crippen LogP contribution in [0.5, 0.6) is 0 Å². The lowest BCUT2D eigenvalue weighted by Crippen LogP contribution is -2.16. The molecule has 7 nitrogen and oxygen atoms in total. The highest BCUT2D eigenvalue weighted by Crippen LogP contribution is 2.38. The average Bonchev–Trinajstić information content (AvgIpc) is 3.42. The first kappa shape index (κ1) is 21.1. The zero-order valence-corrected chi connectivity index (χ0v) is 19.4. The molecule has 158 valence electrons. The summed E-state index contributed by atoms with van der Waals surface area (Å²) in [5.74, 6) is 0.389. The minimum absolute atomic E-state index is 0.178.